The quantitative estimate of drug-likeness (QED) is 0.523. The van der Waals surface area contributed by atoms with E-state index >= 15 is 0 Å². The Morgan fingerprint density at radius 2 is 1.67 bits per heavy atom. The van der Waals surface area contributed by atoms with Crippen LogP contribution in [-0.2, 0) is 4.79 Å². The van der Waals surface area contributed by atoms with Crippen LogP contribution < -0.4 is 0 Å². The van der Waals surface area contributed by atoms with Gasteiger partial charge in [-0.3, -0.25) is 4.79 Å². The van der Waals surface area contributed by atoms with Crippen LogP contribution in [0, 0.1) is 5.41 Å². The number of oxazole rings is 1. The van der Waals surface area contributed by atoms with E-state index in [1.807, 2.05) is 60.7 Å². The lowest BCUT2D eigenvalue weighted by Crippen LogP contribution is -2.13. The molecular weight excluding hydrogens is 320 g/mol. The van der Waals surface area contributed by atoms with E-state index in [9.17, 15) is 4.79 Å². The summed E-state index contributed by atoms with van der Waals surface area (Å²) in [5.74, 6) is 0.416. The van der Waals surface area contributed by atoms with Crippen molar-refractivity contribution in [2.24, 2.45) is 0 Å². The van der Waals surface area contributed by atoms with Gasteiger partial charge in [-0.1, -0.05) is 72.4 Å². The second kappa shape index (κ2) is 7.27. The van der Waals surface area contributed by atoms with E-state index in [1.54, 1.807) is 6.92 Å². The Kier molecular flexibility index (Phi) is 4.91. The normalized spacial score (nSPS) is 11.9. The Hall–Kier alpha value is -2.66. The van der Waals surface area contributed by atoms with E-state index in [0.717, 1.165) is 23.0 Å². The molecule has 1 atom stereocenters. The summed E-state index contributed by atoms with van der Waals surface area (Å²) >= 11 is 1.22. The van der Waals surface area contributed by atoms with Crippen LogP contribution in [0.4, 0.5) is 0 Å². The predicted molar refractivity (Wildman–Crippen MR) is 96.5 cm³/mol. The van der Waals surface area contributed by atoms with Crippen LogP contribution >= 0.6 is 11.8 Å². The van der Waals surface area contributed by atoms with Gasteiger partial charge in [-0.25, -0.2) is 4.98 Å². The fourth-order valence-corrected chi connectivity index (χ4v) is 3.02. The summed E-state index contributed by atoms with van der Waals surface area (Å²) in [7, 11) is 0. The zero-order valence-electron chi connectivity index (χ0n) is 13.1. The molecule has 0 amide bonds. The molecule has 24 heavy (non-hydrogen) atoms. The highest BCUT2D eigenvalue weighted by molar-refractivity contribution is 8.00. The van der Waals surface area contributed by atoms with Crippen LogP contribution in [0.2, 0.25) is 0 Å². The standard InChI is InChI=1S/C19H16N2O2S/c1-13(16(22)12-20)24-19-21-17(14-8-4-2-5-9-14)18(23-19)15-10-6-3-7-11-15/h2-13,20H,1H3. The second-order valence-corrected chi connectivity index (χ2v) is 6.49. The maximum Gasteiger partial charge on any atom is 0.257 e. The topological polar surface area (TPSA) is 67.0 Å². The number of Topliss-reactive ketones (excluding diaryl/α,β-unsaturated/α-hetero) is 1. The molecule has 0 aliphatic heterocycles. The monoisotopic (exact) mass is 336 g/mol. The Balaban J connectivity index is 2.03. The van der Waals surface area contributed by atoms with Gasteiger partial charge in [0.1, 0.15) is 5.69 Å². The highest BCUT2D eigenvalue weighted by atomic mass is 32.2. The lowest BCUT2D eigenvalue weighted by molar-refractivity contribution is -0.111. The molecule has 1 N–H and O–H groups in total. The number of aromatic nitrogens is 1. The lowest BCUT2D eigenvalue weighted by atomic mass is 10.1. The molecule has 120 valence electrons. The number of carbonyl (C=O) groups is 1. The molecule has 0 saturated carbocycles. The van der Waals surface area contributed by atoms with Crippen molar-refractivity contribution in [3.8, 4) is 22.6 Å². The van der Waals surface area contributed by atoms with E-state index in [-0.39, 0.29) is 5.78 Å². The molecule has 0 bridgehead atoms. The lowest BCUT2D eigenvalue weighted by Gasteiger charge is -2.02. The number of hydrogen-bond donors (Lipinski definition) is 1. The molecule has 3 rings (SSSR count). The van der Waals surface area contributed by atoms with Crippen molar-refractivity contribution in [1.82, 2.24) is 4.98 Å². The molecule has 1 heterocycles. The fraction of sp³-hybridized carbons (Fsp3) is 0.105. The van der Waals surface area contributed by atoms with E-state index < -0.39 is 5.25 Å². The fourth-order valence-electron chi connectivity index (χ4n) is 2.25. The Bertz CT molecular complexity index is 787. The molecule has 4 nitrogen and oxygen atoms in total. The van der Waals surface area contributed by atoms with Gasteiger partial charge < -0.3 is 9.83 Å². The summed E-state index contributed by atoms with van der Waals surface area (Å²) in [5.41, 5.74) is 2.64. The van der Waals surface area contributed by atoms with Crippen LogP contribution in [0.1, 0.15) is 6.92 Å². The minimum Gasteiger partial charge on any atom is -0.431 e. The first kappa shape index (κ1) is 16.2. The number of ketones is 1. The molecule has 5 heteroatoms. The molecule has 1 unspecified atom stereocenters. The first-order chi connectivity index (χ1) is 11.7. The average Bonchev–Trinajstić information content (AvgIpc) is 3.06. The van der Waals surface area contributed by atoms with Gasteiger partial charge in [-0.2, -0.15) is 0 Å². The Morgan fingerprint density at radius 1 is 1.08 bits per heavy atom. The molecule has 2 aromatic carbocycles. The van der Waals surface area contributed by atoms with Crippen molar-refractivity contribution in [1.29, 1.82) is 5.41 Å². The third-order valence-corrected chi connectivity index (χ3v) is 4.47. The van der Waals surface area contributed by atoms with Crippen molar-refractivity contribution < 1.29 is 9.21 Å². The number of nitrogens with zero attached hydrogens (tertiary/aromatic N) is 1. The summed E-state index contributed by atoms with van der Waals surface area (Å²) < 4.78 is 5.95. The molecule has 0 fully saturated rings. The van der Waals surface area contributed by atoms with Gasteiger partial charge in [0.2, 0.25) is 0 Å². The maximum absolute atomic E-state index is 11.6. The highest BCUT2D eigenvalue weighted by Gasteiger charge is 2.20. The van der Waals surface area contributed by atoms with E-state index in [1.165, 1.54) is 11.8 Å². The van der Waals surface area contributed by atoms with Crippen LogP contribution in [-0.4, -0.2) is 22.2 Å². The third kappa shape index (κ3) is 3.46. The molecule has 0 radical (unpaired) electrons. The van der Waals surface area contributed by atoms with E-state index in [4.69, 9.17) is 9.83 Å². The van der Waals surface area contributed by atoms with Gasteiger partial charge in [0.25, 0.3) is 5.22 Å². The van der Waals surface area contributed by atoms with Gasteiger partial charge in [-0.15, -0.1) is 0 Å². The van der Waals surface area contributed by atoms with Crippen molar-refractivity contribution in [3.63, 3.8) is 0 Å². The minimum atomic E-state index is -0.409. The number of benzene rings is 2. The van der Waals surface area contributed by atoms with Crippen LogP contribution in [0.5, 0.6) is 0 Å². The summed E-state index contributed by atoms with van der Waals surface area (Å²) in [6, 6.07) is 19.6. The SMILES string of the molecule is CC(Sc1nc(-c2ccccc2)c(-c2ccccc2)o1)C(=O)C=N. The van der Waals surface area contributed by atoms with Gasteiger partial charge in [0.05, 0.1) is 11.5 Å². The Labute approximate surface area is 144 Å². The van der Waals surface area contributed by atoms with Crippen molar-refractivity contribution in [3.05, 3.63) is 60.7 Å². The molecule has 0 aliphatic carbocycles. The van der Waals surface area contributed by atoms with Crippen molar-refractivity contribution >= 4 is 23.8 Å². The zero-order chi connectivity index (χ0) is 16.9. The predicted octanol–water partition coefficient (Wildman–Crippen LogP) is 4.71. The number of rotatable bonds is 6. The molecule has 1 aromatic heterocycles. The number of thioether (sulfide) groups is 1. The smallest absolute Gasteiger partial charge is 0.257 e. The van der Waals surface area contributed by atoms with Gasteiger partial charge in [-0.05, 0) is 6.92 Å². The largest absolute Gasteiger partial charge is 0.431 e. The number of carbonyl (C=O) groups excluding carboxylic acids is 1. The highest BCUT2D eigenvalue weighted by Crippen LogP contribution is 2.36. The number of nitrogens with one attached hydrogen (secondary N) is 1. The van der Waals surface area contributed by atoms with Crippen molar-refractivity contribution in [2.45, 2.75) is 17.4 Å². The zero-order valence-corrected chi connectivity index (χ0v) is 13.9. The van der Waals surface area contributed by atoms with Gasteiger partial charge in [0, 0.05) is 11.1 Å². The van der Waals surface area contributed by atoms with Gasteiger partial charge in [0.15, 0.2) is 11.5 Å². The van der Waals surface area contributed by atoms with E-state index in [0.29, 0.717) is 11.0 Å². The van der Waals surface area contributed by atoms with Crippen LogP contribution in [0.15, 0.2) is 70.3 Å². The Morgan fingerprint density at radius 3 is 2.25 bits per heavy atom. The van der Waals surface area contributed by atoms with Crippen molar-refractivity contribution in [2.75, 3.05) is 0 Å². The summed E-state index contributed by atoms with van der Waals surface area (Å²) in [4.78, 5) is 16.2. The summed E-state index contributed by atoms with van der Waals surface area (Å²) in [6.45, 7) is 1.74. The maximum atomic E-state index is 11.6. The third-order valence-electron chi connectivity index (χ3n) is 3.51. The number of hydrogen-bond acceptors (Lipinski definition) is 5. The first-order valence-electron chi connectivity index (χ1n) is 7.51. The first-order valence-corrected chi connectivity index (χ1v) is 8.39. The summed E-state index contributed by atoms with van der Waals surface area (Å²) in [6.07, 6.45) is 0.830. The molecule has 3 aromatic rings. The minimum absolute atomic E-state index is 0.263. The average molecular weight is 336 g/mol. The second-order valence-electron chi connectivity index (χ2n) is 5.20. The molecule has 0 aliphatic rings. The molecular formula is C19H16N2O2S. The van der Waals surface area contributed by atoms with E-state index in [2.05, 4.69) is 4.98 Å². The summed E-state index contributed by atoms with van der Waals surface area (Å²) in [5, 5.41) is 7.10. The van der Waals surface area contributed by atoms with Gasteiger partial charge >= 0.3 is 0 Å². The molecule has 0 spiro atoms. The molecule has 0 saturated heterocycles. The van der Waals surface area contributed by atoms with Crippen LogP contribution in [0.3, 0.4) is 0 Å². The van der Waals surface area contributed by atoms with Crippen LogP contribution in [0.25, 0.3) is 22.6 Å².